The highest BCUT2D eigenvalue weighted by atomic mass is 32.1. The summed E-state index contributed by atoms with van der Waals surface area (Å²) in [6.45, 7) is 1.61. The molecule has 0 unspecified atom stereocenters. The number of fused-ring (bicyclic) bond motifs is 1. The van der Waals surface area contributed by atoms with Crippen LogP contribution in [0.15, 0.2) is 24.3 Å². The number of anilines is 1. The average molecular weight is 387 g/mol. The van der Waals surface area contributed by atoms with Gasteiger partial charge < -0.3 is 14.8 Å². The fraction of sp³-hybridized carbons (Fsp3) is 0.350. The third-order valence-corrected chi connectivity index (χ3v) is 5.70. The Morgan fingerprint density at radius 1 is 1.11 bits per heavy atom. The molecule has 27 heavy (non-hydrogen) atoms. The maximum atomic E-state index is 12.2. The van der Waals surface area contributed by atoms with Gasteiger partial charge in [0.05, 0.1) is 18.2 Å². The minimum Gasteiger partial charge on any atom is -0.465 e. The van der Waals surface area contributed by atoms with Crippen molar-refractivity contribution in [3.8, 4) is 0 Å². The zero-order chi connectivity index (χ0) is 19.4. The molecule has 0 bridgehead atoms. The van der Waals surface area contributed by atoms with Crippen LogP contribution in [0, 0.1) is 0 Å². The molecule has 7 heteroatoms. The smallest absolute Gasteiger partial charge is 0.341 e. The maximum absolute atomic E-state index is 12.2. The number of hydrogen-bond donors (Lipinski definition) is 1. The Hall–Kier alpha value is -2.67. The van der Waals surface area contributed by atoms with Gasteiger partial charge in [-0.2, -0.15) is 0 Å². The van der Waals surface area contributed by atoms with Gasteiger partial charge in [0, 0.05) is 4.88 Å². The molecule has 1 amide bonds. The highest BCUT2D eigenvalue weighted by molar-refractivity contribution is 7.17. The highest BCUT2D eigenvalue weighted by Gasteiger charge is 2.28. The fourth-order valence-electron chi connectivity index (χ4n) is 3.06. The SMILES string of the molecule is CCc1ccc(C(=O)OCC(=O)Nc2sc3c(c2C(=O)OC)CCC3)cc1. The number of hydrogen-bond acceptors (Lipinski definition) is 6. The molecule has 0 saturated carbocycles. The topological polar surface area (TPSA) is 81.7 Å². The van der Waals surface area contributed by atoms with Gasteiger partial charge in [0.15, 0.2) is 6.61 Å². The molecule has 6 nitrogen and oxygen atoms in total. The predicted molar refractivity (Wildman–Crippen MR) is 102 cm³/mol. The minimum absolute atomic E-state index is 0.394. The third-order valence-electron chi connectivity index (χ3n) is 4.50. The van der Waals surface area contributed by atoms with E-state index in [9.17, 15) is 14.4 Å². The number of benzene rings is 1. The van der Waals surface area contributed by atoms with Gasteiger partial charge in [-0.05, 0) is 48.9 Å². The van der Waals surface area contributed by atoms with E-state index in [0.717, 1.165) is 41.7 Å². The Balaban J connectivity index is 1.62. The first-order valence-electron chi connectivity index (χ1n) is 8.82. The van der Waals surface area contributed by atoms with Crippen LogP contribution in [0.3, 0.4) is 0 Å². The zero-order valence-electron chi connectivity index (χ0n) is 15.3. The lowest BCUT2D eigenvalue weighted by atomic mass is 10.1. The van der Waals surface area contributed by atoms with E-state index in [1.54, 1.807) is 12.1 Å². The normalized spacial score (nSPS) is 12.4. The number of esters is 2. The number of carbonyl (C=O) groups is 3. The number of methoxy groups -OCH3 is 1. The van der Waals surface area contributed by atoms with Crippen molar-refractivity contribution in [1.29, 1.82) is 0 Å². The number of carbonyl (C=O) groups excluding carboxylic acids is 3. The number of thiophene rings is 1. The Kier molecular flexibility index (Phi) is 5.91. The first-order chi connectivity index (χ1) is 13.0. The number of aryl methyl sites for hydroxylation is 2. The monoisotopic (exact) mass is 387 g/mol. The molecule has 1 aliphatic rings. The first-order valence-corrected chi connectivity index (χ1v) is 9.63. The van der Waals surface area contributed by atoms with Crippen molar-refractivity contribution >= 4 is 34.2 Å². The largest absolute Gasteiger partial charge is 0.465 e. The van der Waals surface area contributed by atoms with E-state index in [4.69, 9.17) is 9.47 Å². The van der Waals surface area contributed by atoms with Crippen molar-refractivity contribution in [3.05, 3.63) is 51.4 Å². The van der Waals surface area contributed by atoms with Crippen LogP contribution in [-0.4, -0.2) is 31.6 Å². The predicted octanol–water partition coefficient (Wildman–Crippen LogP) is 3.38. The van der Waals surface area contributed by atoms with Crippen molar-refractivity contribution in [1.82, 2.24) is 0 Å². The zero-order valence-corrected chi connectivity index (χ0v) is 16.1. The lowest BCUT2D eigenvalue weighted by molar-refractivity contribution is -0.119. The molecule has 1 aliphatic carbocycles. The van der Waals surface area contributed by atoms with Gasteiger partial charge in [0.1, 0.15) is 5.00 Å². The van der Waals surface area contributed by atoms with Crippen LogP contribution in [0.5, 0.6) is 0 Å². The summed E-state index contributed by atoms with van der Waals surface area (Å²) in [7, 11) is 1.32. The molecule has 1 aromatic heterocycles. The summed E-state index contributed by atoms with van der Waals surface area (Å²) in [4.78, 5) is 37.5. The second-order valence-electron chi connectivity index (χ2n) is 6.23. The van der Waals surface area contributed by atoms with E-state index in [0.29, 0.717) is 16.1 Å². The number of amides is 1. The number of ether oxygens (including phenoxy) is 2. The third kappa shape index (κ3) is 4.19. The van der Waals surface area contributed by atoms with E-state index in [2.05, 4.69) is 5.32 Å². The number of rotatable bonds is 6. The Labute approximate surface area is 161 Å². The van der Waals surface area contributed by atoms with Gasteiger partial charge >= 0.3 is 11.9 Å². The molecular formula is C20H21NO5S. The van der Waals surface area contributed by atoms with Gasteiger partial charge in [-0.3, -0.25) is 4.79 Å². The summed E-state index contributed by atoms with van der Waals surface area (Å²) in [5.41, 5.74) is 2.88. The molecule has 1 heterocycles. The van der Waals surface area contributed by atoms with Crippen LogP contribution in [0.1, 0.15) is 50.1 Å². The Morgan fingerprint density at radius 2 is 1.85 bits per heavy atom. The number of nitrogens with one attached hydrogen (secondary N) is 1. The quantitative estimate of drug-likeness (QED) is 0.769. The van der Waals surface area contributed by atoms with Crippen LogP contribution in [-0.2, 0) is 33.5 Å². The Morgan fingerprint density at radius 3 is 2.52 bits per heavy atom. The van der Waals surface area contributed by atoms with E-state index in [-0.39, 0.29) is 0 Å². The van der Waals surface area contributed by atoms with Crippen molar-refractivity contribution < 1.29 is 23.9 Å². The molecular weight excluding hydrogens is 366 g/mol. The van der Waals surface area contributed by atoms with Crippen LogP contribution in [0.25, 0.3) is 0 Å². The second kappa shape index (κ2) is 8.35. The molecule has 0 atom stereocenters. The van der Waals surface area contributed by atoms with Crippen molar-refractivity contribution in [2.75, 3.05) is 19.0 Å². The van der Waals surface area contributed by atoms with Gasteiger partial charge in [-0.1, -0.05) is 19.1 Å². The standard InChI is InChI=1S/C20H21NO5S/c1-3-12-7-9-13(10-8-12)19(23)26-11-16(22)21-18-17(20(24)25-2)14-5-4-6-15(14)27-18/h7-10H,3-6,11H2,1-2H3,(H,21,22). The summed E-state index contributed by atoms with van der Waals surface area (Å²) >= 11 is 1.38. The summed E-state index contributed by atoms with van der Waals surface area (Å²) in [5.74, 6) is -1.51. The fourth-order valence-corrected chi connectivity index (χ4v) is 4.36. The lowest BCUT2D eigenvalue weighted by Crippen LogP contribution is -2.21. The first kappa shape index (κ1) is 19.1. The van der Waals surface area contributed by atoms with Gasteiger partial charge in [-0.15, -0.1) is 11.3 Å². The molecule has 142 valence electrons. The molecule has 3 rings (SSSR count). The molecule has 0 fully saturated rings. The van der Waals surface area contributed by atoms with Crippen LogP contribution in [0.2, 0.25) is 0 Å². The average Bonchev–Trinajstić information content (AvgIpc) is 3.26. The Bertz CT molecular complexity index is 869. The van der Waals surface area contributed by atoms with Crippen molar-refractivity contribution in [2.24, 2.45) is 0 Å². The molecule has 2 aromatic rings. The maximum Gasteiger partial charge on any atom is 0.341 e. The van der Waals surface area contributed by atoms with Crippen LogP contribution < -0.4 is 5.32 Å². The van der Waals surface area contributed by atoms with E-state index >= 15 is 0 Å². The van der Waals surface area contributed by atoms with E-state index in [1.165, 1.54) is 18.4 Å². The van der Waals surface area contributed by atoms with E-state index < -0.39 is 24.5 Å². The molecule has 0 aliphatic heterocycles. The minimum atomic E-state index is -0.560. The van der Waals surface area contributed by atoms with Crippen LogP contribution in [0.4, 0.5) is 5.00 Å². The second-order valence-corrected chi connectivity index (χ2v) is 7.33. The summed E-state index contributed by atoms with van der Waals surface area (Å²) < 4.78 is 9.93. The summed E-state index contributed by atoms with van der Waals surface area (Å²) in [6, 6.07) is 7.06. The summed E-state index contributed by atoms with van der Waals surface area (Å²) in [5, 5.41) is 3.14. The van der Waals surface area contributed by atoms with Gasteiger partial charge in [0.2, 0.25) is 0 Å². The van der Waals surface area contributed by atoms with Gasteiger partial charge in [-0.25, -0.2) is 9.59 Å². The van der Waals surface area contributed by atoms with Crippen molar-refractivity contribution in [2.45, 2.75) is 32.6 Å². The van der Waals surface area contributed by atoms with Crippen LogP contribution >= 0.6 is 11.3 Å². The van der Waals surface area contributed by atoms with E-state index in [1.807, 2.05) is 19.1 Å². The molecule has 1 N–H and O–H groups in total. The summed E-state index contributed by atoms with van der Waals surface area (Å²) in [6.07, 6.45) is 3.57. The van der Waals surface area contributed by atoms with Crippen molar-refractivity contribution in [3.63, 3.8) is 0 Å². The van der Waals surface area contributed by atoms with Gasteiger partial charge in [0.25, 0.3) is 5.91 Å². The lowest BCUT2D eigenvalue weighted by Gasteiger charge is -2.08. The molecule has 1 aromatic carbocycles. The molecule has 0 radical (unpaired) electrons. The molecule has 0 saturated heterocycles. The highest BCUT2D eigenvalue weighted by Crippen LogP contribution is 2.39. The molecule has 0 spiro atoms.